The zero-order chi connectivity index (χ0) is 19.5. The van der Waals surface area contributed by atoms with E-state index in [0.29, 0.717) is 58.4 Å². The van der Waals surface area contributed by atoms with Gasteiger partial charge in [0.05, 0.1) is 44.8 Å². The number of carbonyl (C=O) groups excluding carboxylic acids is 1. The van der Waals surface area contributed by atoms with Crippen LogP contribution >= 0.6 is 0 Å². The van der Waals surface area contributed by atoms with Crippen molar-refractivity contribution in [3.63, 3.8) is 0 Å². The lowest BCUT2D eigenvalue weighted by molar-refractivity contribution is -0.0963. The predicted molar refractivity (Wildman–Crippen MR) is 104 cm³/mol. The van der Waals surface area contributed by atoms with Crippen LogP contribution in [0.1, 0.15) is 21.7 Å². The number of aryl methyl sites for hydroxylation is 1. The van der Waals surface area contributed by atoms with Gasteiger partial charge in [-0.1, -0.05) is 6.07 Å². The summed E-state index contributed by atoms with van der Waals surface area (Å²) in [6.45, 7) is 7.63. The molecule has 1 amide bonds. The molecule has 2 saturated heterocycles. The number of pyridine rings is 1. The standard InChI is InChI=1S/C20H28N4O4/c1-15-4-3-5-24-17(13-22(2)12-16-14-27-10-11-28-16)18(21-19(15)24)20(25)23-6-8-26-9-7-23/h3-5,16H,6-14H2,1-2H3. The van der Waals surface area contributed by atoms with Gasteiger partial charge in [0.15, 0.2) is 5.69 Å². The minimum atomic E-state index is -0.0213. The second kappa shape index (κ2) is 8.57. The zero-order valence-corrected chi connectivity index (χ0v) is 16.6. The molecule has 2 aliphatic rings. The van der Waals surface area contributed by atoms with Gasteiger partial charge in [0.1, 0.15) is 5.65 Å². The highest BCUT2D eigenvalue weighted by atomic mass is 16.6. The maximum absolute atomic E-state index is 13.2. The topological polar surface area (TPSA) is 68.5 Å². The van der Waals surface area contributed by atoms with Crippen LogP contribution < -0.4 is 0 Å². The van der Waals surface area contributed by atoms with Crippen LogP contribution in [0.25, 0.3) is 5.65 Å². The Kier molecular flexibility index (Phi) is 5.91. The summed E-state index contributed by atoms with van der Waals surface area (Å²) in [5.74, 6) is -0.0213. The number of aromatic nitrogens is 2. The molecule has 0 saturated carbocycles. The van der Waals surface area contributed by atoms with Gasteiger partial charge in [0, 0.05) is 32.4 Å². The maximum Gasteiger partial charge on any atom is 0.274 e. The van der Waals surface area contributed by atoms with Crippen molar-refractivity contribution in [1.29, 1.82) is 0 Å². The van der Waals surface area contributed by atoms with Gasteiger partial charge in [-0.25, -0.2) is 4.98 Å². The Labute approximate surface area is 165 Å². The van der Waals surface area contributed by atoms with Crippen molar-refractivity contribution in [3.05, 3.63) is 35.3 Å². The first-order valence-electron chi connectivity index (χ1n) is 9.85. The normalized spacial score (nSPS) is 20.8. The number of imidazole rings is 1. The van der Waals surface area contributed by atoms with Crippen molar-refractivity contribution in [1.82, 2.24) is 19.2 Å². The molecule has 2 aromatic rings. The average Bonchev–Trinajstić information content (AvgIpc) is 3.08. The van der Waals surface area contributed by atoms with Gasteiger partial charge in [-0.15, -0.1) is 0 Å². The molecule has 0 bridgehead atoms. The number of fused-ring (bicyclic) bond motifs is 1. The Morgan fingerprint density at radius 1 is 1.25 bits per heavy atom. The van der Waals surface area contributed by atoms with E-state index in [1.807, 2.05) is 41.6 Å². The van der Waals surface area contributed by atoms with E-state index in [4.69, 9.17) is 19.2 Å². The molecule has 152 valence electrons. The van der Waals surface area contributed by atoms with Gasteiger partial charge < -0.3 is 23.5 Å². The highest BCUT2D eigenvalue weighted by Crippen LogP contribution is 2.20. The Morgan fingerprint density at radius 3 is 2.82 bits per heavy atom. The maximum atomic E-state index is 13.2. The highest BCUT2D eigenvalue weighted by Gasteiger charge is 2.27. The molecule has 0 aromatic carbocycles. The van der Waals surface area contributed by atoms with Crippen molar-refractivity contribution in [2.24, 2.45) is 0 Å². The molecule has 2 fully saturated rings. The van der Waals surface area contributed by atoms with Crippen molar-refractivity contribution >= 4 is 11.6 Å². The second-order valence-corrected chi connectivity index (χ2v) is 7.46. The Balaban J connectivity index is 1.61. The van der Waals surface area contributed by atoms with Gasteiger partial charge in [-0.2, -0.15) is 0 Å². The van der Waals surface area contributed by atoms with E-state index in [9.17, 15) is 4.79 Å². The number of amides is 1. The summed E-state index contributed by atoms with van der Waals surface area (Å²) in [4.78, 5) is 21.9. The third-order valence-corrected chi connectivity index (χ3v) is 5.26. The van der Waals surface area contributed by atoms with E-state index in [1.54, 1.807) is 0 Å². The van der Waals surface area contributed by atoms with E-state index < -0.39 is 0 Å². The molecule has 4 heterocycles. The number of hydrogen-bond donors (Lipinski definition) is 0. The summed E-state index contributed by atoms with van der Waals surface area (Å²) in [6.07, 6.45) is 2.03. The van der Waals surface area contributed by atoms with Gasteiger partial charge in [0.25, 0.3) is 5.91 Å². The first kappa shape index (κ1) is 19.3. The fourth-order valence-electron chi connectivity index (χ4n) is 3.80. The predicted octanol–water partition coefficient (Wildman–Crippen LogP) is 0.962. The lowest BCUT2D eigenvalue weighted by atomic mass is 10.2. The molecule has 8 nitrogen and oxygen atoms in total. The fourth-order valence-corrected chi connectivity index (χ4v) is 3.80. The molecular formula is C20H28N4O4. The quantitative estimate of drug-likeness (QED) is 0.760. The zero-order valence-electron chi connectivity index (χ0n) is 16.6. The van der Waals surface area contributed by atoms with Crippen LogP contribution in [-0.2, 0) is 20.8 Å². The van der Waals surface area contributed by atoms with Crippen LogP contribution in [0.5, 0.6) is 0 Å². The second-order valence-electron chi connectivity index (χ2n) is 7.46. The molecule has 4 rings (SSSR count). The lowest BCUT2D eigenvalue weighted by Crippen LogP contribution is -2.41. The summed E-state index contributed by atoms with van der Waals surface area (Å²) in [6, 6.07) is 4.01. The van der Waals surface area contributed by atoms with E-state index in [0.717, 1.165) is 23.4 Å². The number of likely N-dealkylation sites (N-methyl/N-ethyl adjacent to an activating group) is 1. The third kappa shape index (κ3) is 4.05. The molecule has 1 atom stereocenters. The Morgan fingerprint density at radius 2 is 2.07 bits per heavy atom. The lowest BCUT2D eigenvalue weighted by Gasteiger charge is -2.28. The van der Waals surface area contributed by atoms with Crippen LogP contribution in [0, 0.1) is 6.92 Å². The van der Waals surface area contributed by atoms with E-state index in [-0.39, 0.29) is 12.0 Å². The number of nitrogens with zero attached hydrogens (tertiary/aromatic N) is 4. The summed E-state index contributed by atoms with van der Waals surface area (Å²) in [5, 5.41) is 0. The molecule has 28 heavy (non-hydrogen) atoms. The fraction of sp³-hybridized carbons (Fsp3) is 0.600. The molecule has 0 N–H and O–H groups in total. The van der Waals surface area contributed by atoms with Crippen molar-refractivity contribution < 1.29 is 19.0 Å². The van der Waals surface area contributed by atoms with Crippen LogP contribution in [0.4, 0.5) is 0 Å². The minimum absolute atomic E-state index is 0.0213. The summed E-state index contributed by atoms with van der Waals surface area (Å²) in [7, 11) is 2.04. The van der Waals surface area contributed by atoms with Crippen molar-refractivity contribution in [2.75, 3.05) is 59.7 Å². The number of carbonyl (C=O) groups is 1. The number of ether oxygens (including phenoxy) is 3. The van der Waals surface area contributed by atoms with Gasteiger partial charge in [0.2, 0.25) is 0 Å². The smallest absolute Gasteiger partial charge is 0.274 e. The first-order valence-corrected chi connectivity index (χ1v) is 9.85. The summed E-state index contributed by atoms with van der Waals surface area (Å²) < 4.78 is 18.7. The number of morpholine rings is 1. The van der Waals surface area contributed by atoms with E-state index in [2.05, 4.69) is 4.90 Å². The molecular weight excluding hydrogens is 360 g/mol. The number of rotatable bonds is 5. The number of hydrogen-bond acceptors (Lipinski definition) is 6. The van der Waals surface area contributed by atoms with Gasteiger partial charge in [-0.3, -0.25) is 9.69 Å². The van der Waals surface area contributed by atoms with Crippen LogP contribution in [0.3, 0.4) is 0 Å². The van der Waals surface area contributed by atoms with Crippen LogP contribution in [0.2, 0.25) is 0 Å². The van der Waals surface area contributed by atoms with Gasteiger partial charge in [-0.05, 0) is 25.6 Å². The molecule has 0 spiro atoms. The van der Waals surface area contributed by atoms with Gasteiger partial charge >= 0.3 is 0 Å². The monoisotopic (exact) mass is 388 g/mol. The molecule has 8 heteroatoms. The minimum Gasteiger partial charge on any atom is -0.378 e. The molecule has 2 aromatic heterocycles. The SMILES string of the molecule is Cc1cccn2c(CN(C)CC3COCCO3)c(C(=O)N3CCOCC3)nc12. The molecule has 2 aliphatic heterocycles. The van der Waals surface area contributed by atoms with Crippen molar-refractivity contribution in [2.45, 2.75) is 19.6 Å². The molecule has 0 radical (unpaired) electrons. The highest BCUT2D eigenvalue weighted by molar-refractivity contribution is 5.94. The first-order chi connectivity index (χ1) is 13.6. The average molecular weight is 388 g/mol. The van der Waals surface area contributed by atoms with E-state index >= 15 is 0 Å². The summed E-state index contributed by atoms with van der Waals surface area (Å²) >= 11 is 0. The third-order valence-electron chi connectivity index (χ3n) is 5.26. The summed E-state index contributed by atoms with van der Waals surface area (Å²) in [5.41, 5.74) is 3.33. The van der Waals surface area contributed by atoms with Crippen LogP contribution in [0.15, 0.2) is 18.3 Å². The van der Waals surface area contributed by atoms with E-state index in [1.165, 1.54) is 0 Å². The van der Waals surface area contributed by atoms with Crippen LogP contribution in [-0.4, -0.2) is 90.9 Å². The molecule has 1 unspecified atom stereocenters. The Bertz CT molecular complexity index is 825. The van der Waals surface area contributed by atoms with Crippen molar-refractivity contribution in [3.8, 4) is 0 Å². The Hall–Kier alpha value is -2.00. The molecule has 0 aliphatic carbocycles. The largest absolute Gasteiger partial charge is 0.378 e.